The molecule has 2 rings (SSSR count). The van der Waals surface area contributed by atoms with Crippen LogP contribution < -0.4 is 5.32 Å². The van der Waals surface area contributed by atoms with Gasteiger partial charge in [-0.05, 0) is 25.8 Å². The summed E-state index contributed by atoms with van der Waals surface area (Å²) in [5, 5.41) is 7.70. The molecule has 1 saturated carbocycles. The Hall–Kier alpha value is -0.940. The summed E-state index contributed by atoms with van der Waals surface area (Å²) >= 11 is 0. The predicted octanol–water partition coefficient (Wildman–Crippen LogP) is 1.26. The number of hydrogen-bond donors (Lipinski definition) is 1. The number of likely N-dealkylation sites (N-methyl/N-ethyl adjacent to an activating group) is 1. The van der Waals surface area contributed by atoms with Crippen LogP contribution in [0.25, 0.3) is 0 Å². The molecule has 1 heterocycles. The first-order valence-electron chi connectivity index (χ1n) is 7.16. The van der Waals surface area contributed by atoms with Gasteiger partial charge in [0.15, 0.2) is 0 Å². The zero-order valence-electron chi connectivity index (χ0n) is 11.6. The molecule has 5 nitrogen and oxygen atoms in total. The normalized spacial score (nSPS) is 15.5. The summed E-state index contributed by atoms with van der Waals surface area (Å²) in [6.45, 7) is 9.52. The maximum atomic E-state index is 4.29. The van der Waals surface area contributed by atoms with Gasteiger partial charge >= 0.3 is 0 Å². The Morgan fingerprint density at radius 1 is 1.44 bits per heavy atom. The molecule has 0 aromatic carbocycles. The van der Waals surface area contributed by atoms with Gasteiger partial charge in [-0.2, -0.15) is 5.10 Å². The fourth-order valence-corrected chi connectivity index (χ4v) is 2.29. The van der Waals surface area contributed by atoms with Crippen LogP contribution in [0.15, 0.2) is 6.33 Å². The van der Waals surface area contributed by atoms with Crippen LogP contribution in [0.5, 0.6) is 0 Å². The van der Waals surface area contributed by atoms with E-state index in [0.717, 1.165) is 44.5 Å². The van der Waals surface area contributed by atoms with E-state index >= 15 is 0 Å². The quantitative estimate of drug-likeness (QED) is 0.671. The summed E-state index contributed by atoms with van der Waals surface area (Å²) in [5.74, 6) is 1.05. The number of aryl methyl sites for hydroxylation is 1. The van der Waals surface area contributed by atoms with E-state index in [1.54, 1.807) is 6.33 Å². The molecule has 0 radical (unpaired) electrons. The molecule has 0 unspecified atom stereocenters. The molecule has 0 saturated heterocycles. The highest BCUT2D eigenvalue weighted by molar-refractivity contribution is 4.86. The van der Waals surface area contributed by atoms with Gasteiger partial charge in [0.1, 0.15) is 12.2 Å². The van der Waals surface area contributed by atoms with Crippen LogP contribution in [0, 0.1) is 0 Å². The highest BCUT2D eigenvalue weighted by Crippen LogP contribution is 2.25. The Bertz CT molecular complexity index is 345. The van der Waals surface area contributed by atoms with Crippen LogP contribution in [0.1, 0.15) is 38.9 Å². The van der Waals surface area contributed by atoms with Crippen molar-refractivity contribution in [3.63, 3.8) is 0 Å². The van der Waals surface area contributed by atoms with E-state index in [2.05, 4.69) is 34.1 Å². The Kier molecular flexibility index (Phi) is 5.13. The zero-order chi connectivity index (χ0) is 12.8. The summed E-state index contributed by atoms with van der Waals surface area (Å²) in [6.07, 6.45) is 5.52. The van der Waals surface area contributed by atoms with Gasteiger partial charge in [-0.1, -0.05) is 13.8 Å². The molecule has 1 aliphatic rings. The van der Waals surface area contributed by atoms with Crippen LogP contribution in [-0.4, -0.2) is 45.3 Å². The number of nitrogens with one attached hydrogen (secondary N) is 1. The van der Waals surface area contributed by atoms with Crippen molar-refractivity contribution >= 4 is 0 Å². The fraction of sp³-hybridized carbons (Fsp3) is 0.846. The maximum Gasteiger partial charge on any atom is 0.140 e. The second-order valence-corrected chi connectivity index (χ2v) is 4.94. The maximum absolute atomic E-state index is 4.29. The molecule has 0 amide bonds. The van der Waals surface area contributed by atoms with E-state index in [4.69, 9.17) is 0 Å². The van der Waals surface area contributed by atoms with Gasteiger partial charge in [-0.25, -0.2) is 9.67 Å². The minimum absolute atomic E-state index is 0.822. The van der Waals surface area contributed by atoms with Gasteiger partial charge in [0, 0.05) is 25.7 Å². The summed E-state index contributed by atoms with van der Waals surface area (Å²) in [6, 6.07) is 0.862. The topological polar surface area (TPSA) is 46.0 Å². The van der Waals surface area contributed by atoms with Crippen LogP contribution in [-0.2, 0) is 13.1 Å². The summed E-state index contributed by atoms with van der Waals surface area (Å²) in [7, 11) is 0. The average molecular weight is 251 g/mol. The molecule has 1 fully saturated rings. The second kappa shape index (κ2) is 6.85. The third kappa shape index (κ3) is 3.78. The third-order valence-corrected chi connectivity index (χ3v) is 3.46. The lowest BCUT2D eigenvalue weighted by Gasteiger charge is -2.19. The molecule has 5 heteroatoms. The van der Waals surface area contributed by atoms with E-state index in [9.17, 15) is 0 Å². The van der Waals surface area contributed by atoms with Crippen LogP contribution >= 0.6 is 0 Å². The van der Waals surface area contributed by atoms with Gasteiger partial charge in [0.25, 0.3) is 0 Å². The average Bonchev–Trinajstić information content (AvgIpc) is 3.12. The minimum Gasteiger partial charge on any atom is -0.309 e. The van der Waals surface area contributed by atoms with Crippen LogP contribution in [0.3, 0.4) is 0 Å². The van der Waals surface area contributed by atoms with Gasteiger partial charge in [-0.15, -0.1) is 0 Å². The van der Waals surface area contributed by atoms with E-state index in [-0.39, 0.29) is 0 Å². The molecular formula is C13H25N5. The van der Waals surface area contributed by atoms with Crippen LogP contribution in [0.4, 0.5) is 0 Å². The van der Waals surface area contributed by atoms with Crippen molar-refractivity contribution in [2.24, 2.45) is 0 Å². The molecule has 0 atom stereocenters. The molecule has 1 aromatic rings. The van der Waals surface area contributed by atoms with E-state index in [1.165, 1.54) is 19.4 Å². The van der Waals surface area contributed by atoms with Crippen molar-refractivity contribution in [1.29, 1.82) is 0 Å². The van der Waals surface area contributed by atoms with Gasteiger partial charge in [0.05, 0.1) is 6.54 Å². The van der Waals surface area contributed by atoms with Crippen LogP contribution in [0.2, 0.25) is 0 Å². The van der Waals surface area contributed by atoms with Crippen molar-refractivity contribution in [2.45, 2.75) is 52.2 Å². The monoisotopic (exact) mass is 251 g/mol. The lowest BCUT2D eigenvalue weighted by Crippen LogP contribution is -2.33. The predicted molar refractivity (Wildman–Crippen MR) is 72.3 cm³/mol. The molecule has 1 N–H and O–H groups in total. The van der Waals surface area contributed by atoms with E-state index in [0.29, 0.717) is 0 Å². The lowest BCUT2D eigenvalue weighted by molar-refractivity contribution is 0.276. The van der Waals surface area contributed by atoms with E-state index in [1.807, 2.05) is 4.68 Å². The number of rotatable bonds is 9. The number of aromatic nitrogens is 3. The van der Waals surface area contributed by atoms with Gasteiger partial charge < -0.3 is 5.32 Å². The molecule has 102 valence electrons. The van der Waals surface area contributed by atoms with Crippen molar-refractivity contribution < 1.29 is 0 Å². The first kappa shape index (κ1) is 13.5. The highest BCUT2D eigenvalue weighted by atomic mass is 15.3. The summed E-state index contributed by atoms with van der Waals surface area (Å²) < 4.78 is 1.99. The molecule has 0 aliphatic heterocycles. The first-order chi connectivity index (χ1) is 8.85. The number of nitrogens with zero attached hydrogens (tertiary/aromatic N) is 4. The lowest BCUT2D eigenvalue weighted by atomic mass is 10.4. The molecule has 1 aliphatic carbocycles. The fourth-order valence-electron chi connectivity index (χ4n) is 2.29. The SMILES string of the molecule is CCCn1ncnc1CNCCN(CC)C1CC1. The third-order valence-electron chi connectivity index (χ3n) is 3.46. The van der Waals surface area contributed by atoms with Crippen molar-refractivity contribution in [3.8, 4) is 0 Å². The van der Waals surface area contributed by atoms with Gasteiger partial charge in [0.2, 0.25) is 0 Å². The Balaban J connectivity index is 1.66. The molecule has 1 aromatic heterocycles. The Labute approximate surface area is 110 Å². The molecule has 18 heavy (non-hydrogen) atoms. The minimum atomic E-state index is 0.822. The number of hydrogen-bond acceptors (Lipinski definition) is 4. The summed E-state index contributed by atoms with van der Waals surface area (Å²) in [4.78, 5) is 6.85. The molecule has 0 spiro atoms. The summed E-state index contributed by atoms with van der Waals surface area (Å²) in [5.41, 5.74) is 0. The second-order valence-electron chi connectivity index (χ2n) is 4.94. The standard InChI is InChI=1S/C13H25N5/c1-3-8-18-13(15-11-16-18)10-14-7-9-17(4-2)12-5-6-12/h11-12,14H,3-10H2,1-2H3. The van der Waals surface area contributed by atoms with Crippen molar-refractivity contribution in [2.75, 3.05) is 19.6 Å². The first-order valence-corrected chi connectivity index (χ1v) is 7.16. The highest BCUT2D eigenvalue weighted by Gasteiger charge is 2.26. The van der Waals surface area contributed by atoms with Gasteiger partial charge in [-0.3, -0.25) is 4.90 Å². The molecule has 0 bridgehead atoms. The Morgan fingerprint density at radius 2 is 2.28 bits per heavy atom. The van der Waals surface area contributed by atoms with Crippen molar-refractivity contribution in [1.82, 2.24) is 25.0 Å². The Morgan fingerprint density at radius 3 is 2.94 bits per heavy atom. The smallest absolute Gasteiger partial charge is 0.140 e. The molecular weight excluding hydrogens is 226 g/mol. The largest absolute Gasteiger partial charge is 0.309 e. The van der Waals surface area contributed by atoms with E-state index < -0.39 is 0 Å². The zero-order valence-corrected chi connectivity index (χ0v) is 11.6. The van der Waals surface area contributed by atoms with Crippen molar-refractivity contribution in [3.05, 3.63) is 12.2 Å².